The van der Waals surface area contributed by atoms with Gasteiger partial charge in [0.25, 0.3) is 5.91 Å². The van der Waals surface area contributed by atoms with Crippen LogP contribution in [-0.2, 0) is 0 Å². The van der Waals surface area contributed by atoms with Crippen molar-refractivity contribution in [1.82, 2.24) is 9.97 Å². The number of aryl methyl sites for hydroxylation is 2. The van der Waals surface area contributed by atoms with Crippen LogP contribution in [0.2, 0.25) is 0 Å². The highest BCUT2D eigenvalue weighted by atomic mass is 16.5. The van der Waals surface area contributed by atoms with Gasteiger partial charge in [0.2, 0.25) is 0 Å². The van der Waals surface area contributed by atoms with E-state index < -0.39 is 0 Å². The minimum absolute atomic E-state index is 0.294. The lowest BCUT2D eigenvalue weighted by atomic mass is 10.2. The van der Waals surface area contributed by atoms with E-state index >= 15 is 0 Å². The zero-order valence-electron chi connectivity index (χ0n) is 15.6. The van der Waals surface area contributed by atoms with Crippen molar-refractivity contribution in [3.63, 3.8) is 0 Å². The van der Waals surface area contributed by atoms with E-state index in [0.29, 0.717) is 29.6 Å². The number of carbonyl (C=O) groups excluding carboxylic acids is 1. The van der Waals surface area contributed by atoms with E-state index in [1.54, 1.807) is 25.1 Å². The van der Waals surface area contributed by atoms with E-state index in [0.717, 1.165) is 17.0 Å². The van der Waals surface area contributed by atoms with E-state index in [4.69, 9.17) is 4.74 Å². The molecular formula is C21H22N4O2. The van der Waals surface area contributed by atoms with Gasteiger partial charge >= 0.3 is 0 Å². The lowest BCUT2D eigenvalue weighted by Crippen LogP contribution is -2.15. The fourth-order valence-corrected chi connectivity index (χ4v) is 2.62. The lowest BCUT2D eigenvalue weighted by Gasteiger charge is -2.10. The van der Waals surface area contributed by atoms with Crippen molar-refractivity contribution < 1.29 is 9.53 Å². The first-order valence-corrected chi connectivity index (χ1v) is 8.77. The van der Waals surface area contributed by atoms with Crippen molar-refractivity contribution in [2.75, 3.05) is 17.2 Å². The summed E-state index contributed by atoms with van der Waals surface area (Å²) in [6.07, 6.45) is 0. The Bertz CT molecular complexity index is 939. The van der Waals surface area contributed by atoms with Crippen molar-refractivity contribution in [2.45, 2.75) is 20.8 Å². The minimum Gasteiger partial charge on any atom is -0.494 e. The molecule has 138 valence electrons. The number of nitrogens with zero attached hydrogens (tertiary/aromatic N) is 2. The van der Waals surface area contributed by atoms with E-state index in [-0.39, 0.29) is 5.91 Å². The number of nitrogens with one attached hydrogen (secondary N) is 2. The smallest absolute Gasteiger partial charge is 0.274 e. The molecule has 0 fully saturated rings. The molecule has 6 nitrogen and oxygen atoms in total. The number of anilines is 3. The van der Waals surface area contributed by atoms with Crippen LogP contribution in [0, 0.1) is 13.8 Å². The molecule has 27 heavy (non-hydrogen) atoms. The fraction of sp³-hybridized carbons (Fsp3) is 0.190. The molecule has 3 aromatic rings. The Labute approximate surface area is 158 Å². The molecule has 0 radical (unpaired) electrons. The van der Waals surface area contributed by atoms with Crippen LogP contribution >= 0.6 is 0 Å². The molecule has 0 saturated carbocycles. The van der Waals surface area contributed by atoms with Crippen molar-refractivity contribution in [3.8, 4) is 5.75 Å². The molecule has 0 aliphatic rings. The second-order valence-electron chi connectivity index (χ2n) is 6.09. The summed E-state index contributed by atoms with van der Waals surface area (Å²) in [7, 11) is 0. The predicted octanol–water partition coefficient (Wildman–Crippen LogP) is 4.49. The molecule has 0 atom stereocenters. The third-order valence-electron chi connectivity index (χ3n) is 3.78. The van der Waals surface area contributed by atoms with E-state index in [1.165, 1.54) is 0 Å². The number of carbonyl (C=O) groups is 1. The van der Waals surface area contributed by atoms with Crippen molar-refractivity contribution in [3.05, 3.63) is 71.7 Å². The van der Waals surface area contributed by atoms with Crippen LogP contribution in [0.25, 0.3) is 0 Å². The Balaban J connectivity index is 1.75. The summed E-state index contributed by atoms with van der Waals surface area (Å²) < 4.78 is 5.41. The Morgan fingerprint density at radius 2 is 1.78 bits per heavy atom. The Morgan fingerprint density at radius 3 is 2.48 bits per heavy atom. The van der Waals surface area contributed by atoms with Crippen molar-refractivity contribution in [1.29, 1.82) is 0 Å². The van der Waals surface area contributed by atoms with E-state index in [1.807, 2.05) is 50.2 Å². The summed E-state index contributed by atoms with van der Waals surface area (Å²) in [4.78, 5) is 21.2. The third-order valence-corrected chi connectivity index (χ3v) is 3.78. The van der Waals surface area contributed by atoms with Gasteiger partial charge in [-0.2, -0.15) is 0 Å². The zero-order valence-corrected chi connectivity index (χ0v) is 15.6. The monoisotopic (exact) mass is 362 g/mol. The minimum atomic E-state index is -0.294. The first-order valence-electron chi connectivity index (χ1n) is 8.77. The third kappa shape index (κ3) is 5.04. The Hall–Kier alpha value is -3.41. The maximum absolute atomic E-state index is 12.6. The second kappa shape index (κ2) is 8.31. The topological polar surface area (TPSA) is 76.1 Å². The highest BCUT2D eigenvalue weighted by Gasteiger charge is 2.11. The fourth-order valence-electron chi connectivity index (χ4n) is 2.62. The van der Waals surface area contributed by atoms with Crippen LogP contribution in [0.4, 0.5) is 17.2 Å². The number of amides is 1. The SMILES string of the molecule is CCOc1ccc(NC(=O)c2cc(Nc3cccc(C)c3)nc(C)n2)cc1. The van der Waals surface area contributed by atoms with Gasteiger partial charge < -0.3 is 15.4 Å². The quantitative estimate of drug-likeness (QED) is 0.676. The number of rotatable bonds is 6. The Kier molecular flexibility index (Phi) is 5.66. The first-order chi connectivity index (χ1) is 13.0. The van der Waals surface area contributed by atoms with Gasteiger partial charge in [-0.3, -0.25) is 4.79 Å². The average Bonchev–Trinajstić information content (AvgIpc) is 2.63. The van der Waals surface area contributed by atoms with Gasteiger partial charge in [-0.25, -0.2) is 9.97 Å². The number of benzene rings is 2. The average molecular weight is 362 g/mol. The largest absolute Gasteiger partial charge is 0.494 e. The molecule has 2 aromatic carbocycles. The molecule has 1 amide bonds. The van der Waals surface area contributed by atoms with Gasteiger partial charge in [-0.05, 0) is 62.7 Å². The van der Waals surface area contributed by atoms with Crippen LogP contribution in [0.1, 0.15) is 28.8 Å². The molecule has 2 N–H and O–H groups in total. The number of hydrogen-bond donors (Lipinski definition) is 2. The molecule has 0 bridgehead atoms. The standard InChI is InChI=1S/C21H22N4O2/c1-4-27-18-10-8-16(9-11-18)25-21(26)19-13-20(23-15(3)22-19)24-17-7-5-6-14(2)12-17/h5-13H,4H2,1-3H3,(H,25,26)(H,22,23,24). The molecule has 0 aliphatic heterocycles. The molecule has 0 spiro atoms. The molecule has 1 aromatic heterocycles. The Morgan fingerprint density at radius 1 is 1.00 bits per heavy atom. The summed E-state index contributed by atoms with van der Waals surface area (Å²) in [5.41, 5.74) is 3.02. The van der Waals surface area contributed by atoms with Crippen molar-refractivity contribution in [2.24, 2.45) is 0 Å². The summed E-state index contributed by atoms with van der Waals surface area (Å²) in [5, 5.41) is 6.06. The van der Waals surface area contributed by atoms with Gasteiger partial charge in [-0.15, -0.1) is 0 Å². The predicted molar refractivity (Wildman–Crippen MR) is 107 cm³/mol. The highest BCUT2D eigenvalue weighted by molar-refractivity contribution is 6.03. The van der Waals surface area contributed by atoms with Crippen LogP contribution in [0.15, 0.2) is 54.6 Å². The highest BCUT2D eigenvalue weighted by Crippen LogP contribution is 2.19. The summed E-state index contributed by atoms with van der Waals surface area (Å²) in [6.45, 7) is 6.30. The van der Waals surface area contributed by atoms with Gasteiger partial charge in [-0.1, -0.05) is 12.1 Å². The zero-order chi connectivity index (χ0) is 19.2. The van der Waals surface area contributed by atoms with Gasteiger partial charge in [0, 0.05) is 17.4 Å². The molecule has 1 heterocycles. The van der Waals surface area contributed by atoms with Crippen LogP contribution in [0.3, 0.4) is 0 Å². The molecular weight excluding hydrogens is 340 g/mol. The van der Waals surface area contributed by atoms with Crippen LogP contribution in [0.5, 0.6) is 5.75 Å². The molecule has 0 aliphatic carbocycles. The maximum Gasteiger partial charge on any atom is 0.274 e. The van der Waals surface area contributed by atoms with Crippen molar-refractivity contribution >= 4 is 23.1 Å². The summed E-state index contributed by atoms with van der Waals surface area (Å²) >= 11 is 0. The maximum atomic E-state index is 12.6. The molecule has 0 unspecified atom stereocenters. The van der Waals surface area contributed by atoms with Crippen LogP contribution < -0.4 is 15.4 Å². The normalized spacial score (nSPS) is 10.3. The molecule has 3 rings (SSSR count). The number of aromatic nitrogens is 2. The molecule has 0 saturated heterocycles. The van der Waals surface area contributed by atoms with Gasteiger partial charge in [0.1, 0.15) is 23.1 Å². The molecule has 6 heteroatoms. The van der Waals surface area contributed by atoms with Crippen LogP contribution in [-0.4, -0.2) is 22.5 Å². The summed E-state index contributed by atoms with van der Waals surface area (Å²) in [6, 6.07) is 16.8. The van der Waals surface area contributed by atoms with Gasteiger partial charge in [0.05, 0.1) is 6.61 Å². The number of ether oxygens (including phenoxy) is 1. The lowest BCUT2D eigenvalue weighted by molar-refractivity contribution is 0.102. The van der Waals surface area contributed by atoms with E-state index in [2.05, 4.69) is 20.6 Å². The first kappa shape index (κ1) is 18.4. The second-order valence-corrected chi connectivity index (χ2v) is 6.09. The number of hydrogen-bond acceptors (Lipinski definition) is 5. The van der Waals surface area contributed by atoms with Gasteiger partial charge in [0.15, 0.2) is 0 Å². The van der Waals surface area contributed by atoms with E-state index in [9.17, 15) is 4.79 Å². The summed E-state index contributed by atoms with van der Waals surface area (Å²) in [5.74, 6) is 1.56.